The molecule has 2 aliphatic rings. The van der Waals surface area contributed by atoms with E-state index in [1.165, 1.54) is 18.3 Å². The van der Waals surface area contributed by atoms with E-state index in [9.17, 15) is 23.5 Å². The molecule has 1 fully saturated rings. The van der Waals surface area contributed by atoms with Gasteiger partial charge < -0.3 is 19.7 Å². The molecule has 31 heavy (non-hydrogen) atoms. The minimum atomic E-state index is -3.11. The van der Waals surface area contributed by atoms with Crippen LogP contribution in [0.15, 0.2) is 47.9 Å². The standard InChI is InChI=1S/C23H18F2N2O4/c1-11-15-5-2-12(8-13(15)9-26-11)16-6-7-17-19(21(16)31-23(24)25)27(14-3-4-14)10-18(20(17)28)22(29)30/h2,5-8,10,14,23,26H,1,3-4,9H2,(H,29,30). The molecule has 158 valence electrons. The van der Waals surface area contributed by atoms with Crippen LogP contribution >= 0.6 is 0 Å². The van der Waals surface area contributed by atoms with E-state index < -0.39 is 23.6 Å². The van der Waals surface area contributed by atoms with Gasteiger partial charge in [0.2, 0.25) is 5.43 Å². The smallest absolute Gasteiger partial charge is 0.387 e. The second kappa shape index (κ2) is 6.94. The highest BCUT2D eigenvalue weighted by molar-refractivity contribution is 5.97. The quantitative estimate of drug-likeness (QED) is 0.636. The van der Waals surface area contributed by atoms with Gasteiger partial charge >= 0.3 is 12.6 Å². The van der Waals surface area contributed by atoms with Gasteiger partial charge in [0.15, 0.2) is 5.75 Å². The molecule has 0 spiro atoms. The Morgan fingerprint density at radius 3 is 2.65 bits per heavy atom. The Balaban J connectivity index is 1.81. The van der Waals surface area contributed by atoms with Crippen molar-refractivity contribution in [3.8, 4) is 16.9 Å². The van der Waals surface area contributed by atoms with Crippen LogP contribution in [0, 0.1) is 0 Å². The molecular formula is C23H18F2N2O4. The second-order valence-corrected chi connectivity index (χ2v) is 7.74. The summed E-state index contributed by atoms with van der Waals surface area (Å²) in [6, 6.07) is 8.49. The van der Waals surface area contributed by atoms with Crippen molar-refractivity contribution < 1.29 is 23.4 Å². The lowest BCUT2D eigenvalue weighted by molar-refractivity contribution is -0.0486. The van der Waals surface area contributed by atoms with Crippen molar-refractivity contribution in [3.63, 3.8) is 0 Å². The van der Waals surface area contributed by atoms with Gasteiger partial charge in [-0.2, -0.15) is 8.78 Å². The van der Waals surface area contributed by atoms with E-state index in [4.69, 9.17) is 4.74 Å². The van der Waals surface area contributed by atoms with E-state index in [0.717, 1.165) is 29.7 Å². The van der Waals surface area contributed by atoms with Crippen LogP contribution in [0.1, 0.15) is 40.4 Å². The van der Waals surface area contributed by atoms with E-state index in [-0.39, 0.29) is 22.7 Å². The number of hydrogen-bond donors (Lipinski definition) is 2. The maximum absolute atomic E-state index is 13.4. The van der Waals surface area contributed by atoms with E-state index in [1.54, 1.807) is 10.6 Å². The highest BCUT2D eigenvalue weighted by atomic mass is 19.3. The largest absolute Gasteiger partial charge is 0.477 e. The summed E-state index contributed by atoms with van der Waals surface area (Å²) in [7, 11) is 0. The monoisotopic (exact) mass is 424 g/mol. The number of nitrogens with zero attached hydrogens (tertiary/aromatic N) is 1. The van der Waals surface area contributed by atoms with Crippen LogP contribution in [-0.4, -0.2) is 22.3 Å². The fraction of sp³-hybridized carbons (Fsp3) is 0.217. The van der Waals surface area contributed by atoms with Gasteiger partial charge in [-0.1, -0.05) is 18.7 Å². The minimum absolute atomic E-state index is 0.0439. The summed E-state index contributed by atoms with van der Waals surface area (Å²) >= 11 is 0. The number of hydrogen-bond acceptors (Lipinski definition) is 4. The summed E-state index contributed by atoms with van der Waals surface area (Å²) in [4.78, 5) is 24.4. The van der Waals surface area contributed by atoms with Crippen molar-refractivity contribution in [1.82, 2.24) is 9.88 Å². The zero-order valence-corrected chi connectivity index (χ0v) is 16.3. The van der Waals surface area contributed by atoms with E-state index in [2.05, 4.69) is 11.9 Å². The first-order valence-electron chi connectivity index (χ1n) is 9.81. The number of halogens is 2. The molecule has 5 rings (SSSR count). The Bertz CT molecular complexity index is 1330. The Kier molecular flexibility index (Phi) is 4.32. The number of nitrogens with one attached hydrogen (secondary N) is 1. The van der Waals surface area contributed by atoms with Crippen molar-refractivity contribution in [2.45, 2.75) is 32.0 Å². The van der Waals surface area contributed by atoms with Crippen LogP contribution in [0.3, 0.4) is 0 Å². The molecule has 2 aromatic carbocycles. The predicted molar refractivity (Wildman–Crippen MR) is 111 cm³/mol. The normalized spacial score (nSPS) is 15.3. The first-order valence-corrected chi connectivity index (χ1v) is 9.81. The summed E-state index contributed by atoms with van der Waals surface area (Å²) in [5, 5.41) is 12.6. The number of benzene rings is 2. The Morgan fingerprint density at radius 1 is 1.23 bits per heavy atom. The zero-order chi connectivity index (χ0) is 21.9. The summed E-state index contributed by atoms with van der Waals surface area (Å²) in [5.74, 6) is -1.48. The third-order valence-corrected chi connectivity index (χ3v) is 5.76. The van der Waals surface area contributed by atoms with E-state index >= 15 is 0 Å². The Morgan fingerprint density at radius 2 is 1.97 bits per heavy atom. The maximum Gasteiger partial charge on any atom is 0.387 e. The van der Waals surface area contributed by atoms with Gasteiger partial charge in [-0.15, -0.1) is 0 Å². The maximum atomic E-state index is 13.4. The number of carboxylic acids is 1. The number of alkyl halides is 2. The number of ether oxygens (including phenoxy) is 1. The van der Waals surface area contributed by atoms with Crippen LogP contribution in [0.4, 0.5) is 8.78 Å². The van der Waals surface area contributed by atoms with Crippen molar-refractivity contribution >= 4 is 22.6 Å². The van der Waals surface area contributed by atoms with Gasteiger partial charge in [0.05, 0.1) is 10.9 Å². The molecule has 1 saturated carbocycles. The molecule has 0 atom stereocenters. The van der Waals surface area contributed by atoms with Gasteiger partial charge in [0.1, 0.15) is 5.56 Å². The van der Waals surface area contributed by atoms with Crippen LogP contribution < -0.4 is 15.5 Å². The molecule has 0 bridgehead atoms. The van der Waals surface area contributed by atoms with Crippen molar-refractivity contribution in [2.75, 3.05) is 0 Å². The summed E-state index contributed by atoms with van der Waals surface area (Å²) in [6.45, 7) is 1.41. The molecule has 0 unspecified atom stereocenters. The first-order chi connectivity index (χ1) is 14.8. The van der Waals surface area contributed by atoms with Gasteiger partial charge in [-0.25, -0.2) is 4.79 Å². The lowest BCUT2D eigenvalue weighted by Gasteiger charge is -2.19. The number of carboxylic acid groups (broad SMARTS) is 1. The Labute approximate surface area is 175 Å². The lowest BCUT2D eigenvalue weighted by Crippen LogP contribution is -2.19. The molecule has 1 aliphatic heterocycles. The molecule has 2 heterocycles. The molecule has 0 saturated heterocycles. The third-order valence-electron chi connectivity index (χ3n) is 5.76. The summed E-state index contributed by atoms with van der Waals surface area (Å²) in [6.07, 6.45) is 2.77. The fourth-order valence-corrected chi connectivity index (χ4v) is 4.15. The average molecular weight is 424 g/mol. The Hall–Kier alpha value is -3.68. The fourth-order valence-electron chi connectivity index (χ4n) is 4.15. The van der Waals surface area contributed by atoms with Crippen LogP contribution in [0.2, 0.25) is 0 Å². The summed E-state index contributed by atoms with van der Waals surface area (Å²) < 4.78 is 33.4. The molecule has 8 heteroatoms. The molecule has 0 amide bonds. The van der Waals surface area contributed by atoms with E-state index in [0.29, 0.717) is 17.7 Å². The topological polar surface area (TPSA) is 80.6 Å². The third kappa shape index (κ3) is 3.15. The number of carbonyl (C=O) groups is 1. The number of rotatable bonds is 5. The van der Waals surface area contributed by atoms with Gasteiger partial charge in [0.25, 0.3) is 0 Å². The number of pyridine rings is 1. The van der Waals surface area contributed by atoms with Crippen molar-refractivity contribution in [1.29, 1.82) is 0 Å². The summed E-state index contributed by atoms with van der Waals surface area (Å²) in [5.41, 5.74) is 2.88. The SMILES string of the molecule is C=C1NCc2cc(-c3ccc4c(=O)c(C(=O)O)cn(C5CC5)c4c3OC(F)F)ccc21. The highest BCUT2D eigenvalue weighted by Gasteiger charge is 2.30. The van der Waals surface area contributed by atoms with E-state index in [1.807, 2.05) is 12.1 Å². The molecule has 2 N–H and O–H groups in total. The minimum Gasteiger partial charge on any atom is -0.477 e. The molecule has 1 aromatic heterocycles. The number of aromatic nitrogens is 1. The highest BCUT2D eigenvalue weighted by Crippen LogP contribution is 2.43. The molecule has 1 aliphatic carbocycles. The van der Waals surface area contributed by atoms with Crippen molar-refractivity contribution in [3.05, 3.63) is 70.0 Å². The number of aromatic carboxylic acids is 1. The number of fused-ring (bicyclic) bond motifs is 2. The molecule has 3 aromatic rings. The van der Waals surface area contributed by atoms with Gasteiger partial charge in [-0.05, 0) is 42.2 Å². The predicted octanol–water partition coefficient (Wildman–Crippen LogP) is 4.38. The average Bonchev–Trinajstić information content (AvgIpc) is 3.51. The van der Waals surface area contributed by atoms with Crippen molar-refractivity contribution in [2.24, 2.45) is 0 Å². The van der Waals surface area contributed by atoms with Crippen LogP contribution in [0.25, 0.3) is 27.7 Å². The molecular weight excluding hydrogens is 406 g/mol. The molecule has 0 radical (unpaired) electrons. The molecule has 6 nitrogen and oxygen atoms in total. The van der Waals surface area contributed by atoms with Gasteiger partial charge in [-0.3, -0.25) is 4.79 Å². The van der Waals surface area contributed by atoms with Crippen LogP contribution in [0.5, 0.6) is 5.75 Å². The lowest BCUT2D eigenvalue weighted by atomic mass is 9.97. The second-order valence-electron chi connectivity index (χ2n) is 7.74. The van der Waals surface area contributed by atoms with Crippen LogP contribution in [-0.2, 0) is 6.54 Å². The zero-order valence-electron chi connectivity index (χ0n) is 16.3. The van der Waals surface area contributed by atoms with Gasteiger partial charge in [0, 0.05) is 35.6 Å². The first kappa shape index (κ1) is 19.3.